The van der Waals surface area contributed by atoms with Crippen LogP contribution in [0, 0.1) is 11.8 Å². The lowest BCUT2D eigenvalue weighted by molar-refractivity contribution is -0.137. The molecule has 0 spiro atoms. The van der Waals surface area contributed by atoms with E-state index in [1.54, 1.807) is 0 Å². The van der Waals surface area contributed by atoms with Gasteiger partial charge in [0, 0.05) is 31.7 Å². The van der Waals surface area contributed by atoms with Crippen molar-refractivity contribution in [1.82, 2.24) is 4.90 Å². The maximum Gasteiger partial charge on any atom is 0.228 e. The average Bonchev–Trinajstić information content (AvgIpc) is 2.95. The molecule has 2 amide bonds. The van der Waals surface area contributed by atoms with Crippen molar-refractivity contribution < 1.29 is 9.59 Å². The Kier molecular flexibility index (Phi) is 4.69. The lowest BCUT2D eigenvalue weighted by Gasteiger charge is -2.32. The summed E-state index contributed by atoms with van der Waals surface area (Å²) >= 11 is 0. The summed E-state index contributed by atoms with van der Waals surface area (Å²) in [5, 5.41) is 0. The van der Waals surface area contributed by atoms with Crippen LogP contribution in [0.4, 0.5) is 5.69 Å². The van der Waals surface area contributed by atoms with Gasteiger partial charge in [-0.25, -0.2) is 0 Å². The number of amides is 2. The summed E-state index contributed by atoms with van der Waals surface area (Å²) < 4.78 is 0. The van der Waals surface area contributed by atoms with E-state index in [2.05, 4.69) is 19.9 Å². The lowest BCUT2D eigenvalue weighted by atomic mass is 9.98. The van der Waals surface area contributed by atoms with Crippen LogP contribution in [0.15, 0.2) is 24.3 Å². The Hall–Kier alpha value is -1.84. The van der Waals surface area contributed by atoms with E-state index in [0.717, 1.165) is 31.6 Å². The Bertz CT molecular complexity index is 599. The van der Waals surface area contributed by atoms with Crippen molar-refractivity contribution in [2.24, 2.45) is 11.8 Å². The molecule has 4 nitrogen and oxygen atoms in total. The molecule has 23 heavy (non-hydrogen) atoms. The number of likely N-dealkylation sites (tertiary alicyclic amines) is 1. The summed E-state index contributed by atoms with van der Waals surface area (Å²) in [5.41, 5.74) is 2.14. The van der Waals surface area contributed by atoms with Gasteiger partial charge in [-0.3, -0.25) is 9.59 Å². The van der Waals surface area contributed by atoms with Crippen LogP contribution >= 0.6 is 0 Å². The molecular formula is C19H26N2O2. The van der Waals surface area contributed by atoms with Crippen LogP contribution in [-0.2, 0) is 16.0 Å². The fraction of sp³-hybridized carbons (Fsp3) is 0.579. The van der Waals surface area contributed by atoms with E-state index in [9.17, 15) is 9.59 Å². The van der Waals surface area contributed by atoms with Crippen molar-refractivity contribution in [2.45, 2.75) is 39.5 Å². The number of anilines is 1. The van der Waals surface area contributed by atoms with Gasteiger partial charge >= 0.3 is 0 Å². The molecule has 0 aliphatic carbocycles. The van der Waals surface area contributed by atoms with E-state index in [4.69, 9.17) is 0 Å². The van der Waals surface area contributed by atoms with Gasteiger partial charge in [0.1, 0.15) is 0 Å². The van der Waals surface area contributed by atoms with Gasteiger partial charge in [-0.15, -0.1) is 0 Å². The van der Waals surface area contributed by atoms with E-state index in [1.807, 2.05) is 28.0 Å². The van der Waals surface area contributed by atoms with E-state index in [1.165, 1.54) is 12.0 Å². The van der Waals surface area contributed by atoms with Gasteiger partial charge < -0.3 is 9.80 Å². The SMILES string of the molecule is CCc1ccccc1N1CC(C(=O)N2CCCC(C)C2)CC1=O. The molecule has 0 bridgehead atoms. The number of para-hydroxylation sites is 1. The van der Waals surface area contributed by atoms with Crippen LogP contribution in [0.2, 0.25) is 0 Å². The van der Waals surface area contributed by atoms with Crippen molar-refractivity contribution in [1.29, 1.82) is 0 Å². The smallest absolute Gasteiger partial charge is 0.228 e. The standard InChI is InChI=1S/C19H26N2O2/c1-3-15-8-4-5-9-17(15)21-13-16(11-18(21)22)19(23)20-10-6-7-14(2)12-20/h4-5,8-9,14,16H,3,6-7,10-13H2,1-2H3. The molecule has 2 aliphatic rings. The van der Waals surface area contributed by atoms with Crippen molar-refractivity contribution >= 4 is 17.5 Å². The highest BCUT2D eigenvalue weighted by Crippen LogP contribution is 2.30. The molecule has 2 atom stereocenters. The van der Waals surface area contributed by atoms with Gasteiger partial charge in [0.15, 0.2) is 0 Å². The van der Waals surface area contributed by atoms with Crippen LogP contribution in [0.25, 0.3) is 0 Å². The van der Waals surface area contributed by atoms with Gasteiger partial charge in [-0.2, -0.15) is 0 Å². The van der Waals surface area contributed by atoms with Crippen molar-refractivity contribution in [3.05, 3.63) is 29.8 Å². The highest BCUT2D eigenvalue weighted by molar-refractivity contribution is 6.00. The summed E-state index contributed by atoms with van der Waals surface area (Å²) in [7, 11) is 0. The second-order valence-corrected chi connectivity index (χ2v) is 6.92. The number of piperidine rings is 1. The first kappa shape index (κ1) is 16.0. The molecule has 3 rings (SSSR count). The third-order valence-electron chi connectivity index (χ3n) is 5.11. The van der Waals surface area contributed by atoms with Gasteiger partial charge in [0.05, 0.1) is 5.92 Å². The Labute approximate surface area is 138 Å². The van der Waals surface area contributed by atoms with Crippen molar-refractivity contribution in [3.8, 4) is 0 Å². The number of carbonyl (C=O) groups is 2. The Balaban J connectivity index is 1.73. The molecule has 4 heteroatoms. The van der Waals surface area contributed by atoms with E-state index < -0.39 is 0 Å². The second kappa shape index (κ2) is 6.73. The minimum Gasteiger partial charge on any atom is -0.342 e. The Morgan fingerprint density at radius 2 is 2.04 bits per heavy atom. The van der Waals surface area contributed by atoms with E-state index in [-0.39, 0.29) is 17.7 Å². The topological polar surface area (TPSA) is 40.6 Å². The van der Waals surface area contributed by atoms with Gasteiger partial charge in [-0.1, -0.05) is 32.0 Å². The number of benzene rings is 1. The predicted octanol–water partition coefficient (Wildman–Crippen LogP) is 2.86. The summed E-state index contributed by atoms with van der Waals surface area (Å²) in [6, 6.07) is 8.01. The quantitative estimate of drug-likeness (QED) is 0.861. The van der Waals surface area contributed by atoms with E-state index >= 15 is 0 Å². The van der Waals surface area contributed by atoms with Crippen LogP contribution in [0.5, 0.6) is 0 Å². The molecule has 0 aromatic heterocycles. The predicted molar refractivity (Wildman–Crippen MR) is 91.3 cm³/mol. The molecule has 2 unspecified atom stereocenters. The zero-order chi connectivity index (χ0) is 16.4. The molecule has 124 valence electrons. The molecular weight excluding hydrogens is 288 g/mol. The molecule has 2 aliphatic heterocycles. The number of carbonyl (C=O) groups excluding carboxylic acids is 2. The monoisotopic (exact) mass is 314 g/mol. The number of nitrogens with zero attached hydrogens (tertiary/aromatic N) is 2. The zero-order valence-electron chi connectivity index (χ0n) is 14.1. The van der Waals surface area contributed by atoms with Crippen LogP contribution in [0.1, 0.15) is 38.7 Å². The minimum absolute atomic E-state index is 0.0781. The third-order valence-corrected chi connectivity index (χ3v) is 5.11. The Morgan fingerprint density at radius 3 is 2.78 bits per heavy atom. The summed E-state index contributed by atoms with van der Waals surface area (Å²) in [6.45, 7) is 6.51. The first-order valence-corrected chi connectivity index (χ1v) is 8.77. The van der Waals surface area contributed by atoms with Crippen LogP contribution in [0.3, 0.4) is 0 Å². The molecule has 2 heterocycles. The number of rotatable bonds is 3. The maximum atomic E-state index is 12.8. The average molecular weight is 314 g/mol. The molecule has 1 aromatic carbocycles. The fourth-order valence-corrected chi connectivity index (χ4v) is 3.83. The van der Waals surface area contributed by atoms with Gasteiger partial charge in [0.25, 0.3) is 0 Å². The maximum absolute atomic E-state index is 12.8. The zero-order valence-corrected chi connectivity index (χ0v) is 14.1. The summed E-state index contributed by atoms with van der Waals surface area (Å²) in [5.74, 6) is 0.634. The minimum atomic E-state index is -0.183. The van der Waals surface area contributed by atoms with Crippen LogP contribution in [-0.4, -0.2) is 36.3 Å². The largest absolute Gasteiger partial charge is 0.342 e. The first-order chi connectivity index (χ1) is 11.1. The molecule has 0 radical (unpaired) electrons. The highest BCUT2D eigenvalue weighted by Gasteiger charge is 2.38. The Morgan fingerprint density at radius 1 is 1.26 bits per heavy atom. The first-order valence-electron chi connectivity index (χ1n) is 8.77. The van der Waals surface area contributed by atoms with Crippen LogP contribution < -0.4 is 4.90 Å². The summed E-state index contributed by atoms with van der Waals surface area (Å²) in [4.78, 5) is 29.0. The van der Waals surface area contributed by atoms with Gasteiger partial charge in [0.2, 0.25) is 11.8 Å². The fourth-order valence-electron chi connectivity index (χ4n) is 3.83. The van der Waals surface area contributed by atoms with Gasteiger partial charge in [-0.05, 0) is 36.8 Å². The molecule has 2 saturated heterocycles. The number of hydrogen-bond acceptors (Lipinski definition) is 2. The number of aryl methyl sites for hydroxylation is 1. The molecule has 0 saturated carbocycles. The normalized spacial score (nSPS) is 25.0. The molecule has 0 N–H and O–H groups in total. The highest BCUT2D eigenvalue weighted by atomic mass is 16.2. The lowest BCUT2D eigenvalue weighted by Crippen LogP contribution is -2.43. The molecule has 2 fully saturated rings. The number of hydrogen-bond donors (Lipinski definition) is 0. The van der Waals surface area contributed by atoms with Crippen molar-refractivity contribution in [3.63, 3.8) is 0 Å². The van der Waals surface area contributed by atoms with E-state index in [0.29, 0.717) is 18.9 Å². The summed E-state index contributed by atoms with van der Waals surface area (Å²) in [6.07, 6.45) is 3.52. The second-order valence-electron chi connectivity index (χ2n) is 6.92. The molecule has 1 aromatic rings. The third kappa shape index (κ3) is 3.26. The van der Waals surface area contributed by atoms with Crippen molar-refractivity contribution in [2.75, 3.05) is 24.5 Å².